The van der Waals surface area contributed by atoms with Gasteiger partial charge in [-0.15, -0.1) is 0 Å². The summed E-state index contributed by atoms with van der Waals surface area (Å²) in [6, 6.07) is 10.1. The number of hydrazine groups is 1. The van der Waals surface area contributed by atoms with Crippen LogP contribution in [0.2, 0.25) is 0 Å². The predicted octanol–water partition coefficient (Wildman–Crippen LogP) is 2.25. The second kappa shape index (κ2) is 6.15. The molecule has 0 atom stereocenters. The standard InChI is InChI=1S/C14H19N5/c1-3-12-17-13(8-14(18-12)19-15)16-9-11-7-5-4-6-10(11)2/h4-8H,3,9,15H2,1-2H3,(H2,16,17,18,19). The fraction of sp³-hybridized carbons (Fsp3) is 0.286. The molecule has 0 saturated heterocycles. The van der Waals surface area contributed by atoms with Gasteiger partial charge in [0.15, 0.2) is 0 Å². The first kappa shape index (κ1) is 13.3. The number of anilines is 2. The molecule has 2 rings (SSSR count). The molecule has 0 saturated carbocycles. The van der Waals surface area contributed by atoms with Gasteiger partial charge < -0.3 is 10.7 Å². The lowest BCUT2D eigenvalue weighted by molar-refractivity contribution is 0.930. The van der Waals surface area contributed by atoms with Gasteiger partial charge in [-0.25, -0.2) is 15.8 Å². The molecular weight excluding hydrogens is 238 g/mol. The van der Waals surface area contributed by atoms with Crippen LogP contribution in [0, 0.1) is 6.92 Å². The maximum atomic E-state index is 5.41. The van der Waals surface area contributed by atoms with E-state index in [1.807, 2.05) is 19.1 Å². The zero-order valence-electron chi connectivity index (χ0n) is 11.3. The van der Waals surface area contributed by atoms with Gasteiger partial charge in [-0.1, -0.05) is 31.2 Å². The second-order valence-electron chi connectivity index (χ2n) is 4.33. The van der Waals surface area contributed by atoms with Crippen LogP contribution in [0.4, 0.5) is 11.6 Å². The lowest BCUT2D eigenvalue weighted by Crippen LogP contribution is -2.12. The summed E-state index contributed by atoms with van der Waals surface area (Å²) < 4.78 is 0. The van der Waals surface area contributed by atoms with Crippen LogP contribution in [-0.4, -0.2) is 9.97 Å². The minimum absolute atomic E-state index is 0.624. The van der Waals surface area contributed by atoms with Crippen LogP contribution in [0.15, 0.2) is 30.3 Å². The van der Waals surface area contributed by atoms with E-state index in [4.69, 9.17) is 5.84 Å². The van der Waals surface area contributed by atoms with Crippen molar-refractivity contribution in [2.75, 3.05) is 10.7 Å². The molecule has 0 aliphatic rings. The van der Waals surface area contributed by atoms with Crippen molar-refractivity contribution in [2.45, 2.75) is 26.8 Å². The Morgan fingerprint density at radius 3 is 2.58 bits per heavy atom. The topological polar surface area (TPSA) is 75.9 Å². The fourth-order valence-corrected chi connectivity index (χ4v) is 1.81. The molecule has 0 spiro atoms. The number of aryl methyl sites for hydroxylation is 2. The predicted molar refractivity (Wildman–Crippen MR) is 77.7 cm³/mol. The van der Waals surface area contributed by atoms with Gasteiger partial charge >= 0.3 is 0 Å². The van der Waals surface area contributed by atoms with Gasteiger partial charge in [-0.3, -0.25) is 0 Å². The number of hydrogen-bond acceptors (Lipinski definition) is 5. The number of nitrogens with zero attached hydrogens (tertiary/aromatic N) is 2. The van der Waals surface area contributed by atoms with E-state index >= 15 is 0 Å². The highest BCUT2D eigenvalue weighted by Gasteiger charge is 2.03. The Bertz CT molecular complexity index is 531. The molecule has 0 aliphatic heterocycles. The number of hydrogen-bond donors (Lipinski definition) is 3. The lowest BCUT2D eigenvalue weighted by atomic mass is 10.1. The molecule has 5 nitrogen and oxygen atoms in total. The molecule has 0 unspecified atom stereocenters. The Hall–Kier alpha value is -2.14. The molecule has 0 aliphatic carbocycles. The van der Waals surface area contributed by atoms with Crippen LogP contribution < -0.4 is 16.6 Å². The molecule has 1 aromatic heterocycles. The van der Waals surface area contributed by atoms with Crippen molar-refractivity contribution in [3.05, 3.63) is 47.3 Å². The van der Waals surface area contributed by atoms with E-state index in [1.54, 1.807) is 6.07 Å². The number of nitrogen functional groups attached to an aromatic ring is 1. The minimum atomic E-state index is 0.624. The normalized spacial score (nSPS) is 10.3. The number of nitrogens with one attached hydrogen (secondary N) is 2. The van der Waals surface area contributed by atoms with Crippen molar-refractivity contribution in [3.63, 3.8) is 0 Å². The van der Waals surface area contributed by atoms with Crippen LogP contribution in [0.3, 0.4) is 0 Å². The van der Waals surface area contributed by atoms with Crippen LogP contribution in [0.5, 0.6) is 0 Å². The number of benzene rings is 1. The van der Waals surface area contributed by atoms with Crippen LogP contribution in [-0.2, 0) is 13.0 Å². The second-order valence-corrected chi connectivity index (χ2v) is 4.33. The summed E-state index contributed by atoms with van der Waals surface area (Å²) in [5, 5.41) is 3.30. The molecule has 19 heavy (non-hydrogen) atoms. The Kier molecular flexibility index (Phi) is 4.30. The quantitative estimate of drug-likeness (QED) is 0.566. The Labute approximate surface area is 113 Å². The van der Waals surface area contributed by atoms with Crippen molar-refractivity contribution in [3.8, 4) is 0 Å². The highest BCUT2D eigenvalue weighted by atomic mass is 15.3. The molecule has 100 valence electrons. The molecule has 5 heteroatoms. The summed E-state index contributed by atoms with van der Waals surface area (Å²) >= 11 is 0. The van der Waals surface area contributed by atoms with Crippen molar-refractivity contribution < 1.29 is 0 Å². The molecule has 0 bridgehead atoms. The SMILES string of the molecule is CCc1nc(NN)cc(NCc2ccccc2C)n1. The van der Waals surface area contributed by atoms with E-state index in [9.17, 15) is 0 Å². The summed E-state index contributed by atoms with van der Waals surface area (Å²) in [5.41, 5.74) is 5.07. The fourth-order valence-electron chi connectivity index (χ4n) is 1.81. The van der Waals surface area contributed by atoms with E-state index in [-0.39, 0.29) is 0 Å². The average molecular weight is 257 g/mol. The first-order valence-electron chi connectivity index (χ1n) is 6.36. The van der Waals surface area contributed by atoms with Crippen LogP contribution in [0.1, 0.15) is 23.9 Å². The molecule has 0 radical (unpaired) electrons. The van der Waals surface area contributed by atoms with Gasteiger partial charge in [0.2, 0.25) is 0 Å². The summed E-state index contributed by atoms with van der Waals surface area (Å²) in [4.78, 5) is 8.68. The van der Waals surface area contributed by atoms with Crippen molar-refractivity contribution >= 4 is 11.6 Å². The first-order valence-corrected chi connectivity index (χ1v) is 6.36. The molecular formula is C14H19N5. The van der Waals surface area contributed by atoms with Gasteiger partial charge in [-0.2, -0.15) is 0 Å². The molecule has 1 heterocycles. The lowest BCUT2D eigenvalue weighted by Gasteiger charge is -2.10. The third-order valence-corrected chi connectivity index (χ3v) is 2.96. The minimum Gasteiger partial charge on any atom is -0.366 e. The Morgan fingerprint density at radius 1 is 1.16 bits per heavy atom. The molecule has 2 aromatic rings. The third-order valence-electron chi connectivity index (χ3n) is 2.96. The zero-order chi connectivity index (χ0) is 13.7. The molecule has 4 N–H and O–H groups in total. The van der Waals surface area contributed by atoms with Gasteiger partial charge in [0.1, 0.15) is 17.5 Å². The van der Waals surface area contributed by atoms with Gasteiger partial charge in [0.05, 0.1) is 0 Å². The van der Waals surface area contributed by atoms with E-state index in [0.29, 0.717) is 5.82 Å². The Balaban J connectivity index is 2.13. The van der Waals surface area contributed by atoms with Crippen LogP contribution in [0.25, 0.3) is 0 Å². The highest BCUT2D eigenvalue weighted by Crippen LogP contribution is 2.13. The third kappa shape index (κ3) is 3.42. The van der Waals surface area contributed by atoms with Gasteiger partial charge in [-0.05, 0) is 18.1 Å². The maximum absolute atomic E-state index is 5.41. The molecule has 1 aromatic carbocycles. The average Bonchev–Trinajstić information content (AvgIpc) is 2.46. The van der Waals surface area contributed by atoms with E-state index in [2.05, 4.69) is 39.8 Å². The largest absolute Gasteiger partial charge is 0.366 e. The summed E-state index contributed by atoms with van der Waals surface area (Å²) in [6.45, 7) is 4.85. The van der Waals surface area contributed by atoms with E-state index < -0.39 is 0 Å². The number of nitrogens with two attached hydrogens (primary N) is 1. The maximum Gasteiger partial charge on any atom is 0.145 e. The first-order chi connectivity index (χ1) is 9.22. The van der Waals surface area contributed by atoms with Crippen molar-refractivity contribution in [1.82, 2.24) is 9.97 Å². The summed E-state index contributed by atoms with van der Waals surface area (Å²) in [7, 11) is 0. The smallest absolute Gasteiger partial charge is 0.145 e. The summed E-state index contributed by atoms with van der Waals surface area (Å²) in [6.07, 6.45) is 0.772. The van der Waals surface area contributed by atoms with Gasteiger partial charge in [0.25, 0.3) is 0 Å². The Morgan fingerprint density at radius 2 is 1.89 bits per heavy atom. The highest BCUT2D eigenvalue weighted by molar-refractivity contribution is 5.47. The number of rotatable bonds is 5. The van der Waals surface area contributed by atoms with E-state index in [1.165, 1.54) is 11.1 Å². The van der Waals surface area contributed by atoms with Crippen molar-refractivity contribution in [1.29, 1.82) is 0 Å². The van der Waals surface area contributed by atoms with Crippen LogP contribution >= 0.6 is 0 Å². The zero-order valence-corrected chi connectivity index (χ0v) is 11.3. The summed E-state index contributed by atoms with van der Waals surface area (Å²) in [5.74, 6) is 7.58. The monoisotopic (exact) mass is 257 g/mol. The molecule has 0 amide bonds. The van der Waals surface area contributed by atoms with E-state index in [0.717, 1.165) is 24.6 Å². The van der Waals surface area contributed by atoms with Gasteiger partial charge in [0, 0.05) is 19.0 Å². The van der Waals surface area contributed by atoms with Crippen molar-refractivity contribution in [2.24, 2.45) is 5.84 Å². The molecule has 0 fully saturated rings. The number of aromatic nitrogens is 2.